The SMILES string of the molecule is Cc1c(N)nc(Cc2c(F)cccc2Cl)[nH]c1=O. The molecule has 1 aromatic heterocycles. The number of hydrogen-bond donors (Lipinski definition) is 2. The van der Waals surface area contributed by atoms with Crippen molar-refractivity contribution < 1.29 is 4.39 Å². The van der Waals surface area contributed by atoms with E-state index in [0.717, 1.165) is 0 Å². The maximum Gasteiger partial charge on any atom is 0.255 e. The molecule has 1 aromatic carbocycles. The Kier molecular flexibility index (Phi) is 3.34. The molecule has 0 spiro atoms. The molecule has 0 radical (unpaired) electrons. The van der Waals surface area contributed by atoms with Crippen LogP contribution in [-0.4, -0.2) is 9.97 Å². The number of rotatable bonds is 2. The van der Waals surface area contributed by atoms with Gasteiger partial charge >= 0.3 is 0 Å². The maximum atomic E-state index is 13.6. The summed E-state index contributed by atoms with van der Waals surface area (Å²) in [7, 11) is 0. The zero-order valence-corrected chi connectivity index (χ0v) is 10.4. The van der Waals surface area contributed by atoms with Crippen LogP contribution in [0.2, 0.25) is 5.02 Å². The molecular formula is C12H11ClFN3O. The van der Waals surface area contributed by atoms with Crippen LogP contribution >= 0.6 is 11.6 Å². The second-order valence-corrected chi connectivity index (χ2v) is 4.31. The Balaban J connectivity index is 2.44. The summed E-state index contributed by atoms with van der Waals surface area (Å²) < 4.78 is 13.6. The smallest absolute Gasteiger partial charge is 0.255 e. The number of aromatic nitrogens is 2. The molecule has 4 nitrogen and oxygen atoms in total. The van der Waals surface area contributed by atoms with Gasteiger partial charge in [-0.05, 0) is 19.1 Å². The molecule has 94 valence electrons. The molecule has 0 saturated heterocycles. The molecule has 2 aromatic rings. The summed E-state index contributed by atoms with van der Waals surface area (Å²) in [5.74, 6) is -0.0133. The van der Waals surface area contributed by atoms with Crippen molar-refractivity contribution in [2.45, 2.75) is 13.3 Å². The molecule has 2 rings (SSSR count). The number of anilines is 1. The van der Waals surface area contributed by atoms with E-state index in [4.69, 9.17) is 17.3 Å². The molecule has 1 heterocycles. The molecular weight excluding hydrogens is 257 g/mol. The van der Waals surface area contributed by atoms with Crippen molar-refractivity contribution >= 4 is 17.4 Å². The minimum absolute atomic E-state index is 0.0885. The van der Waals surface area contributed by atoms with Crippen LogP contribution in [-0.2, 0) is 6.42 Å². The van der Waals surface area contributed by atoms with Crippen LogP contribution in [0, 0.1) is 12.7 Å². The third-order valence-electron chi connectivity index (χ3n) is 2.64. The summed E-state index contributed by atoms with van der Waals surface area (Å²) in [6, 6.07) is 4.40. The monoisotopic (exact) mass is 267 g/mol. The highest BCUT2D eigenvalue weighted by Crippen LogP contribution is 2.21. The number of nitrogen functional groups attached to an aromatic ring is 1. The summed E-state index contributed by atoms with van der Waals surface area (Å²) in [5, 5.41) is 0.289. The molecule has 0 fully saturated rings. The van der Waals surface area contributed by atoms with Crippen molar-refractivity contribution in [2.75, 3.05) is 5.73 Å². The third-order valence-corrected chi connectivity index (χ3v) is 3.00. The fourth-order valence-electron chi connectivity index (χ4n) is 1.55. The van der Waals surface area contributed by atoms with Gasteiger partial charge in [-0.3, -0.25) is 4.79 Å². The molecule has 3 N–H and O–H groups in total. The molecule has 0 amide bonds. The van der Waals surface area contributed by atoms with Crippen LogP contribution in [0.25, 0.3) is 0 Å². The fourth-order valence-corrected chi connectivity index (χ4v) is 1.78. The Labute approximate surface area is 108 Å². The van der Waals surface area contributed by atoms with Crippen molar-refractivity contribution in [2.24, 2.45) is 0 Å². The van der Waals surface area contributed by atoms with E-state index in [-0.39, 0.29) is 34.2 Å². The lowest BCUT2D eigenvalue weighted by Crippen LogP contribution is -2.17. The number of nitrogens with one attached hydrogen (secondary N) is 1. The molecule has 0 aliphatic carbocycles. The van der Waals surface area contributed by atoms with Gasteiger partial charge < -0.3 is 10.7 Å². The molecule has 0 aliphatic rings. The van der Waals surface area contributed by atoms with Crippen LogP contribution in [0.4, 0.5) is 10.2 Å². The fraction of sp³-hybridized carbons (Fsp3) is 0.167. The molecule has 18 heavy (non-hydrogen) atoms. The number of benzene rings is 1. The van der Waals surface area contributed by atoms with E-state index in [2.05, 4.69) is 9.97 Å². The maximum absolute atomic E-state index is 13.6. The second kappa shape index (κ2) is 4.78. The standard InChI is InChI=1S/C12H11ClFN3O/c1-6-11(15)16-10(17-12(6)18)5-7-8(13)3-2-4-9(7)14/h2-4H,5H2,1H3,(H3,15,16,17,18). The molecule has 0 saturated carbocycles. The molecule has 0 bridgehead atoms. The number of halogens is 2. The number of hydrogen-bond acceptors (Lipinski definition) is 3. The van der Waals surface area contributed by atoms with Gasteiger partial charge in [0.05, 0.1) is 5.56 Å². The number of nitrogens with zero attached hydrogens (tertiary/aromatic N) is 1. The van der Waals surface area contributed by atoms with E-state index in [0.29, 0.717) is 5.56 Å². The van der Waals surface area contributed by atoms with Gasteiger partial charge in [-0.15, -0.1) is 0 Å². The quantitative estimate of drug-likeness (QED) is 0.875. The Morgan fingerprint density at radius 2 is 2.22 bits per heavy atom. The lowest BCUT2D eigenvalue weighted by molar-refractivity contribution is 0.612. The van der Waals surface area contributed by atoms with Gasteiger partial charge in [-0.25, -0.2) is 9.37 Å². The lowest BCUT2D eigenvalue weighted by atomic mass is 10.1. The first-order valence-corrected chi connectivity index (χ1v) is 5.65. The predicted octanol–water partition coefficient (Wildman–Crippen LogP) is 2.04. The average Bonchev–Trinajstić information content (AvgIpc) is 2.31. The summed E-state index contributed by atoms with van der Waals surface area (Å²) >= 11 is 5.90. The van der Waals surface area contributed by atoms with Crippen molar-refractivity contribution in [3.05, 3.63) is 56.3 Å². The van der Waals surface area contributed by atoms with Gasteiger partial charge in [-0.2, -0.15) is 0 Å². The zero-order valence-electron chi connectivity index (χ0n) is 9.63. The van der Waals surface area contributed by atoms with Gasteiger partial charge in [0, 0.05) is 17.0 Å². The molecule has 6 heteroatoms. The van der Waals surface area contributed by atoms with Crippen LogP contribution in [0.3, 0.4) is 0 Å². The Morgan fingerprint density at radius 1 is 1.50 bits per heavy atom. The van der Waals surface area contributed by atoms with E-state index in [9.17, 15) is 9.18 Å². The van der Waals surface area contributed by atoms with Crippen LogP contribution in [0.5, 0.6) is 0 Å². The van der Waals surface area contributed by atoms with E-state index in [1.54, 1.807) is 13.0 Å². The second-order valence-electron chi connectivity index (χ2n) is 3.90. The van der Waals surface area contributed by atoms with Gasteiger partial charge in [0.1, 0.15) is 17.5 Å². The Hall–Kier alpha value is -1.88. The van der Waals surface area contributed by atoms with Crippen LogP contribution in [0.1, 0.15) is 17.0 Å². The number of nitrogens with two attached hydrogens (primary N) is 1. The third kappa shape index (κ3) is 2.36. The van der Waals surface area contributed by atoms with E-state index < -0.39 is 5.82 Å². The largest absolute Gasteiger partial charge is 0.383 e. The van der Waals surface area contributed by atoms with E-state index in [1.807, 2.05) is 0 Å². The number of aromatic amines is 1. The molecule has 0 unspecified atom stereocenters. The van der Waals surface area contributed by atoms with Crippen molar-refractivity contribution in [1.29, 1.82) is 0 Å². The van der Waals surface area contributed by atoms with Crippen LogP contribution < -0.4 is 11.3 Å². The van der Waals surface area contributed by atoms with E-state index in [1.165, 1.54) is 12.1 Å². The van der Waals surface area contributed by atoms with Gasteiger partial charge in [0.2, 0.25) is 0 Å². The normalized spacial score (nSPS) is 10.6. The van der Waals surface area contributed by atoms with Gasteiger partial charge in [-0.1, -0.05) is 17.7 Å². The minimum atomic E-state index is -0.440. The highest BCUT2D eigenvalue weighted by molar-refractivity contribution is 6.31. The highest BCUT2D eigenvalue weighted by Gasteiger charge is 2.11. The molecule has 0 aliphatic heterocycles. The van der Waals surface area contributed by atoms with E-state index >= 15 is 0 Å². The van der Waals surface area contributed by atoms with Crippen LogP contribution in [0.15, 0.2) is 23.0 Å². The Bertz CT molecular complexity index is 634. The number of H-pyrrole nitrogens is 1. The predicted molar refractivity (Wildman–Crippen MR) is 68.2 cm³/mol. The molecule has 0 atom stereocenters. The summed E-state index contributed by atoms with van der Waals surface area (Å²) in [6.45, 7) is 1.57. The summed E-state index contributed by atoms with van der Waals surface area (Å²) in [4.78, 5) is 18.1. The summed E-state index contributed by atoms with van der Waals surface area (Å²) in [6.07, 6.45) is 0.0885. The zero-order chi connectivity index (χ0) is 13.3. The lowest BCUT2D eigenvalue weighted by Gasteiger charge is -2.06. The van der Waals surface area contributed by atoms with Crippen molar-refractivity contribution in [3.63, 3.8) is 0 Å². The average molecular weight is 268 g/mol. The first kappa shape index (κ1) is 12.6. The minimum Gasteiger partial charge on any atom is -0.383 e. The first-order chi connectivity index (χ1) is 8.49. The van der Waals surface area contributed by atoms with Gasteiger partial charge in [0.15, 0.2) is 0 Å². The summed E-state index contributed by atoms with van der Waals surface area (Å²) in [5.41, 5.74) is 5.89. The Morgan fingerprint density at radius 3 is 2.83 bits per heavy atom. The first-order valence-electron chi connectivity index (χ1n) is 5.27. The van der Waals surface area contributed by atoms with Gasteiger partial charge in [0.25, 0.3) is 5.56 Å². The topological polar surface area (TPSA) is 71.8 Å². The van der Waals surface area contributed by atoms with Crippen molar-refractivity contribution in [1.82, 2.24) is 9.97 Å². The highest BCUT2D eigenvalue weighted by atomic mass is 35.5. The van der Waals surface area contributed by atoms with Crippen molar-refractivity contribution in [3.8, 4) is 0 Å².